The third-order valence-corrected chi connectivity index (χ3v) is 8.15. The van der Waals surface area contributed by atoms with Gasteiger partial charge in [-0.2, -0.15) is 0 Å². The van der Waals surface area contributed by atoms with Gasteiger partial charge in [-0.05, 0) is 48.3 Å². The molecule has 186 valence electrons. The number of carbonyl (C=O) groups excluding carboxylic acids is 2. The Balaban J connectivity index is 1.41. The first-order chi connectivity index (χ1) is 16.9. The van der Waals surface area contributed by atoms with Crippen LogP contribution in [0.2, 0.25) is 0 Å². The highest BCUT2D eigenvalue weighted by molar-refractivity contribution is 7.10. The van der Waals surface area contributed by atoms with Crippen LogP contribution in [-0.2, 0) is 21.7 Å². The van der Waals surface area contributed by atoms with E-state index in [-0.39, 0.29) is 30.4 Å². The summed E-state index contributed by atoms with van der Waals surface area (Å²) >= 11 is 1.58. The van der Waals surface area contributed by atoms with Crippen molar-refractivity contribution in [2.45, 2.75) is 37.8 Å². The zero-order valence-corrected chi connectivity index (χ0v) is 21.0. The number of nitrogens with one attached hydrogen (secondary N) is 1. The number of likely N-dealkylation sites (tertiary alicyclic amines) is 1. The fraction of sp³-hybridized carbons (Fsp3) is 0.462. The normalized spacial score (nSPS) is 20.8. The van der Waals surface area contributed by atoms with E-state index < -0.39 is 11.5 Å². The van der Waals surface area contributed by atoms with Gasteiger partial charge in [0.25, 0.3) is 0 Å². The van der Waals surface area contributed by atoms with Gasteiger partial charge in [0.15, 0.2) is 0 Å². The first-order valence-electron chi connectivity index (χ1n) is 12.0. The number of piperidine rings is 1. The molecule has 8 nitrogen and oxygen atoms in total. The minimum absolute atomic E-state index is 0.0505. The summed E-state index contributed by atoms with van der Waals surface area (Å²) in [6.45, 7) is 3.93. The van der Waals surface area contributed by atoms with Crippen LogP contribution in [-0.4, -0.2) is 56.1 Å². The number of carbonyl (C=O) groups is 2. The number of hydrogen-bond acceptors (Lipinski definition) is 7. The molecule has 4 rings (SSSR count). The summed E-state index contributed by atoms with van der Waals surface area (Å²) in [5, 5.41) is 4.91. The smallest absolute Gasteiger partial charge is 0.410 e. The van der Waals surface area contributed by atoms with E-state index in [4.69, 9.17) is 10.5 Å². The third kappa shape index (κ3) is 5.79. The first-order valence-corrected chi connectivity index (χ1v) is 12.8. The van der Waals surface area contributed by atoms with E-state index in [0.29, 0.717) is 32.5 Å². The lowest BCUT2D eigenvalue weighted by molar-refractivity contribution is -0.129. The van der Waals surface area contributed by atoms with Crippen LogP contribution < -0.4 is 11.1 Å². The molecule has 0 saturated carbocycles. The fourth-order valence-electron chi connectivity index (χ4n) is 4.93. The molecule has 1 fully saturated rings. The molecule has 0 radical (unpaired) electrons. The summed E-state index contributed by atoms with van der Waals surface area (Å²) in [6.07, 6.45) is 4.53. The highest BCUT2D eigenvalue weighted by Crippen LogP contribution is 2.40. The van der Waals surface area contributed by atoms with Crippen molar-refractivity contribution in [3.63, 3.8) is 0 Å². The Kier molecular flexibility index (Phi) is 7.97. The molecular formula is C26H33N5O3S. The largest absolute Gasteiger partial charge is 0.445 e. The van der Waals surface area contributed by atoms with Gasteiger partial charge < -0.3 is 20.7 Å². The molecule has 9 heteroatoms. The summed E-state index contributed by atoms with van der Waals surface area (Å²) in [4.78, 5) is 36.8. The van der Waals surface area contributed by atoms with E-state index in [9.17, 15) is 9.59 Å². The molecule has 3 atom stereocenters. The van der Waals surface area contributed by atoms with Crippen LogP contribution in [0.1, 0.15) is 41.7 Å². The van der Waals surface area contributed by atoms with E-state index in [0.717, 1.165) is 16.0 Å². The van der Waals surface area contributed by atoms with Gasteiger partial charge in [0.05, 0.1) is 18.0 Å². The van der Waals surface area contributed by atoms with Crippen LogP contribution in [0.5, 0.6) is 0 Å². The van der Waals surface area contributed by atoms with Crippen molar-refractivity contribution < 1.29 is 14.3 Å². The highest BCUT2D eigenvalue weighted by Gasteiger charge is 2.44. The van der Waals surface area contributed by atoms with E-state index in [2.05, 4.69) is 26.7 Å². The average molecular weight is 496 g/mol. The van der Waals surface area contributed by atoms with Gasteiger partial charge in [0.2, 0.25) is 5.91 Å². The molecule has 1 aromatic carbocycles. The lowest BCUT2D eigenvalue weighted by Crippen LogP contribution is -2.53. The standard InChI is InChI=1S/C26H33N5O3S/c1-26(27,22-12-20(16-35-22)21-13-29-17-30-14-21)23(24(32)28-2)19-8-10-31(11-9-19)25(33)34-15-18-6-4-3-5-7-18/h3-7,12-13,16-17,19,21,23H,8-11,14-15,27H2,1-2H3,(H,28,32)/t21?,23-,26+/m0/s1. The molecule has 1 saturated heterocycles. The Labute approximate surface area is 210 Å². The molecule has 3 heterocycles. The average Bonchev–Trinajstić information content (AvgIpc) is 3.40. The predicted molar refractivity (Wildman–Crippen MR) is 139 cm³/mol. The van der Waals surface area contributed by atoms with Gasteiger partial charge in [-0.1, -0.05) is 30.3 Å². The van der Waals surface area contributed by atoms with E-state index >= 15 is 0 Å². The van der Waals surface area contributed by atoms with Crippen LogP contribution in [0, 0.1) is 11.8 Å². The maximum Gasteiger partial charge on any atom is 0.410 e. The van der Waals surface area contributed by atoms with Crippen molar-refractivity contribution in [3.8, 4) is 0 Å². The van der Waals surface area contributed by atoms with Gasteiger partial charge >= 0.3 is 6.09 Å². The van der Waals surface area contributed by atoms with Crippen LogP contribution in [0.15, 0.2) is 51.8 Å². The zero-order valence-electron chi connectivity index (χ0n) is 20.2. The molecule has 2 amide bonds. The molecule has 2 aliphatic heterocycles. The number of ether oxygens (including phenoxy) is 1. The Morgan fingerprint density at radius 2 is 2.03 bits per heavy atom. The maximum atomic E-state index is 13.1. The molecule has 0 spiro atoms. The number of nitrogens with two attached hydrogens (primary N) is 1. The monoisotopic (exact) mass is 495 g/mol. The summed E-state index contributed by atoms with van der Waals surface area (Å²) in [6, 6.07) is 11.7. The number of nitrogens with zero attached hydrogens (tertiary/aromatic N) is 3. The third-order valence-electron chi connectivity index (χ3n) is 6.94. The Morgan fingerprint density at radius 1 is 1.29 bits per heavy atom. The number of benzene rings is 1. The van der Waals surface area contributed by atoms with Gasteiger partial charge in [-0.15, -0.1) is 11.3 Å². The fourth-order valence-corrected chi connectivity index (χ4v) is 6.02. The summed E-state index contributed by atoms with van der Waals surface area (Å²) in [7, 11) is 1.65. The second kappa shape index (κ2) is 11.1. The Hall–Kier alpha value is -3.04. The second-order valence-corrected chi connectivity index (χ2v) is 10.3. The van der Waals surface area contributed by atoms with Crippen molar-refractivity contribution in [2.75, 3.05) is 26.7 Å². The van der Waals surface area contributed by atoms with Crippen molar-refractivity contribution in [1.29, 1.82) is 0 Å². The molecule has 3 N–H and O–H groups in total. The Bertz CT molecular complexity index is 1070. The minimum atomic E-state index is -0.848. The van der Waals surface area contributed by atoms with Gasteiger partial charge in [0, 0.05) is 37.1 Å². The summed E-state index contributed by atoms with van der Waals surface area (Å²) < 4.78 is 5.49. The first kappa shape index (κ1) is 25.1. The van der Waals surface area contributed by atoms with Crippen molar-refractivity contribution in [2.24, 2.45) is 27.6 Å². The minimum Gasteiger partial charge on any atom is -0.445 e. The zero-order chi connectivity index (χ0) is 24.8. The summed E-state index contributed by atoms with van der Waals surface area (Å²) in [5.41, 5.74) is 8.15. The predicted octanol–water partition coefficient (Wildman–Crippen LogP) is 3.53. The molecule has 2 aromatic rings. The number of amides is 2. The molecule has 35 heavy (non-hydrogen) atoms. The van der Waals surface area contributed by atoms with Crippen molar-refractivity contribution in [3.05, 3.63) is 57.8 Å². The number of rotatable bonds is 7. The number of thiophene rings is 1. The Morgan fingerprint density at radius 3 is 2.69 bits per heavy atom. The van der Waals surface area contributed by atoms with Crippen molar-refractivity contribution >= 4 is 35.9 Å². The highest BCUT2D eigenvalue weighted by atomic mass is 32.1. The molecule has 0 bridgehead atoms. The van der Waals surface area contributed by atoms with Crippen LogP contribution in [0.25, 0.3) is 0 Å². The van der Waals surface area contributed by atoms with Crippen molar-refractivity contribution in [1.82, 2.24) is 10.2 Å². The van der Waals surface area contributed by atoms with Crippen LogP contribution in [0.4, 0.5) is 4.79 Å². The van der Waals surface area contributed by atoms with Crippen LogP contribution >= 0.6 is 11.3 Å². The summed E-state index contributed by atoms with van der Waals surface area (Å²) in [5.74, 6) is -0.308. The van der Waals surface area contributed by atoms with Gasteiger partial charge in [-0.3, -0.25) is 9.79 Å². The molecule has 0 aliphatic carbocycles. The van der Waals surface area contributed by atoms with Gasteiger partial charge in [0.1, 0.15) is 12.9 Å². The second-order valence-electron chi connectivity index (χ2n) is 9.37. The topological polar surface area (TPSA) is 109 Å². The quantitative estimate of drug-likeness (QED) is 0.612. The number of aliphatic imine (C=N–C) groups is 2. The molecule has 2 aliphatic rings. The van der Waals surface area contributed by atoms with E-state index in [1.54, 1.807) is 29.6 Å². The maximum absolute atomic E-state index is 13.1. The molecule has 1 unspecified atom stereocenters. The SMILES string of the molecule is CNC(=O)[C@H](C1CCN(C(=O)OCc2ccccc2)CC1)[C@](C)(N)c1cc(C2C=NC=NC2)cs1. The lowest BCUT2D eigenvalue weighted by atomic mass is 9.72. The van der Waals surface area contributed by atoms with E-state index in [1.165, 1.54) is 0 Å². The molecular weight excluding hydrogens is 462 g/mol. The number of hydrogen-bond donors (Lipinski definition) is 2. The van der Waals surface area contributed by atoms with Gasteiger partial charge in [-0.25, -0.2) is 9.79 Å². The van der Waals surface area contributed by atoms with Crippen LogP contribution in [0.3, 0.4) is 0 Å². The van der Waals surface area contributed by atoms with E-state index in [1.807, 2.05) is 43.5 Å². The molecule has 1 aromatic heterocycles. The lowest BCUT2D eigenvalue weighted by Gasteiger charge is -2.41.